The Morgan fingerprint density at radius 3 is 2.54 bits per heavy atom. The van der Waals surface area contributed by atoms with Gasteiger partial charge in [-0.15, -0.1) is 0 Å². The van der Waals surface area contributed by atoms with E-state index in [0.717, 1.165) is 25.9 Å². The molecule has 1 aromatic carbocycles. The number of carbonyl (C=O) groups is 2. The molecule has 0 radical (unpaired) electrons. The Kier molecular flexibility index (Phi) is 5.76. The van der Waals surface area contributed by atoms with Crippen LogP contribution >= 0.6 is 11.6 Å². The maximum atomic E-state index is 13.1. The van der Waals surface area contributed by atoms with Crippen molar-refractivity contribution >= 4 is 23.4 Å². The lowest BCUT2D eigenvalue weighted by Crippen LogP contribution is -2.51. The van der Waals surface area contributed by atoms with Gasteiger partial charge in [-0.2, -0.15) is 0 Å². The Hall–Kier alpha value is -1.75. The second-order valence-electron chi connectivity index (χ2n) is 7.69. The summed E-state index contributed by atoms with van der Waals surface area (Å²) in [6, 6.07) is 4.62. The van der Waals surface area contributed by atoms with Gasteiger partial charge in [0, 0.05) is 24.7 Å². The molecule has 0 bridgehead atoms. The second-order valence-corrected chi connectivity index (χ2v) is 8.13. The van der Waals surface area contributed by atoms with E-state index in [4.69, 9.17) is 16.3 Å². The van der Waals surface area contributed by atoms with Gasteiger partial charge in [0.2, 0.25) is 5.91 Å². The number of amides is 2. The van der Waals surface area contributed by atoms with E-state index >= 15 is 0 Å². The van der Waals surface area contributed by atoms with Crippen molar-refractivity contribution in [2.24, 2.45) is 11.8 Å². The minimum absolute atomic E-state index is 0.0789. The number of methoxy groups -OCH3 is 1. The largest absolute Gasteiger partial charge is 0.496 e. The van der Waals surface area contributed by atoms with Crippen LogP contribution in [0.2, 0.25) is 5.02 Å². The van der Waals surface area contributed by atoms with Gasteiger partial charge in [0.1, 0.15) is 11.8 Å². The number of ether oxygens (including phenoxy) is 1. The molecule has 142 valence electrons. The minimum Gasteiger partial charge on any atom is -0.496 e. The fourth-order valence-corrected chi connectivity index (χ4v) is 4.49. The minimum atomic E-state index is -0.385. The first kappa shape index (κ1) is 19.0. The summed E-state index contributed by atoms with van der Waals surface area (Å²) in [4.78, 5) is 29.9. The van der Waals surface area contributed by atoms with Crippen molar-refractivity contribution in [3.8, 4) is 5.75 Å². The molecule has 3 atom stereocenters. The zero-order chi connectivity index (χ0) is 18.8. The molecule has 0 spiro atoms. The smallest absolute Gasteiger partial charge is 0.258 e. The molecule has 5 nitrogen and oxygen atoms in total. The monoisotopic (exact) mass is 378 g/mol. The van der Waals surface area contributed by atoms with Gasteiger partial charge < -0.3 is 14.5 Å². The maximum absolute atomic E-state index is 13.1. The lowest BCUT2D eigenvalue weighted by Gasteiger charge is -2.38. The Morgan fingerprint density at radius 1 is 1.19 bits per heavy atom. The highest BCUT2D eigenvalue weighted by atomic mass is 35.5. The van der Waals surface area contributed by atoms with Crippen LogP contribution < -0.4 is 4.74 Å². The molecular formula is C20H27ClN2O3. The highest BCUT2D eigenvalue weighted by Gasteiger charge is 2.39. The van der Waals surface area contributed by atoms with Crippen molar-refractivity contribution in [1.82, 2.24) is 9.80 Å². The van der Waals surface area contributed by atoms with Crippen molar-refractivity contribution in [2.75, 3.05) is 26.7 Å². The van der Waals surface area contributed by atoms with Gasteiger partial charge in [-0.1, -0.05) is 25.4 Å². The van der Waals surface area contributed by atoms with Crippen LogP contribution in [0.15, 0.2) is 18.2 Å². The van der Waals surface area contributed by atoms with Crippen LogP contribution in [0.5, 0.6) is 5.75 Å². The van der Waals surface area contributed by atoms with Crippen LogP contribution in [-0.4, -0.2) is 54.4 Å². The first-order chi connectivity index (χ1) is 12.4. The number of rotatable bonds is 3. The highest BCUT2D eigenvalue weighted by molar-refractivity contribution is 6.31. The fraction of sp³-hybridized carbons (Fsp3) is 0.600. The van der Waals surface area contributed by atoms with Gasteiger partial charge in [0.15, 0.2) is 0 Å². The molecular weight excluding hydrogens is 352 g/mol. The van der Waals surface area contributed by atoms with Gasteiger partial charge in [-0.25, -0.2) is 0 Å². The molecule has 0 saturated carbocycles. The number of nitrogens with zero attached hydrogens (tertiary/aromatic N) is 2. The zero-order valence-electron chi connectivity index (χ0n) is 15.7. The quantitative estimate of drug-likeness (QED) is 0.809. The first-order valence-electron chi connectivity index (χ1n) is 9.34. The van der Waals surface area contributed by atoms with Gasteiger partial charge >= 0.3 is 0 Å². The number of benzene rings is 1. The van der Waals surface area contributed by atoms with Crippen molar-refractivity contribution in [3.05, 3.63) is 28.8 Å². The van der Waals surface area contributed by atoms with Crippen molar-refractivity contribution in [3.63, 3.8) is 0 Å². The average Bonchev–Trinajstić information content (AvgIpc) is 3.09. The van der Waals surface area contributed by atoms with E-state index in [2.05, 4.69) is 13.8 Å². The third-order valence-electron chi connectivity index (χ3n) is 5.37. The molecule has 2 amide bonds. The molecule has 3 rings (SSSR count). The Labute approximate surface area is 160 Å². The third-order valence-corrected chi connectivity index (χ3v) is 5.61. The molecule has 2 aliphatic heterocycles. The van der Waals surface area contributed by atoms with Crippen LogP contribution in [0.1, 0.15) is 43.5 Å². The second kappa shape index (κ2) is 7.87. The number of hydrogen-bond donors (Lipinski definition) is 0. The summed E-state index contributed by atoms with van der Waals surface area (Å²) in [6.07, 6.45) is 2.70. The van der Waals surface area contributed by atoms with Crippen LogP contribution in [0.4, 0.5) is 0 Å². The van der Waals surface area contributed by atoms with Crippen LogP contribution in [0.3, 0.4) is 0 Å². The van der Waals surface area contributed by atoms with E-state index in [-0.39, 0.29) is 17.9 Å². The van der Waals surface area contributed by atoms with E-state index in [1.165, 1.54) is 7.11 Å². The van der Waals surface area contributed by atoms with Gasteiger partial charge in [-0.3, -0.25) is 9.59 Å². The third kappa shape index (κ3) is 3.83. The molecule has 26 heavy (non-hydrogen) atoms. The van der Waals surface area contributed by atoms with E-state index in [1.807, 2.05) is 4.90 Å². The molecule has 2 aliphatic rings. The van der Waals surface area contributed by atoms with Crippen LogP contribution in [0, 0.1) is 11.8 Å². The molecule has 1 aromatic rings. The number of likely N-dealkylation sites (tertiary alicyclic amines) is 2. The summed E-state index contributed by atoms with van der Waals surface area (Å²) in [5.41, 5.74) is 0.417. The lowest BCUT2D eigenvalue weighted by atomic mass is 9.91. The number of halogens is 1. The normalized spacial score (nSPS) is 26.1. The van der Waals surface area contributed by atoms with Crippen LogP contribution in [-0.2, 0) is 4.79 Å². The first-order valence-corrected chi connectivity index (χ1v) is 9.71. The Morgan fingerprint density at radius 2 is 1.88 bits per heavy atom. The van der Waals surface area contributed by atoms with Gasteiger partial charge in [0.25, 0.3) is 5.91 Å². The summed E-state index contributed by atoms with van der Waals surface area (Å²) >= 11 is 6.08. The van der Waals surface area contributed by atoms with E-state index in [0.29, 0.717) is 41.1 Å². The Balaban J connectivity index is 1.81. The summed E-state index contributed by atoms with van der Waals surface area (Å²) in [6.45, 7) is 6.52. The van der Waals surface area contributed by atoms with Gasteiger partial charge in [-0.05, 0) is 49.3 Å². The fourth-order valence-electron chi connectivity index (χ4n) is 4.32. The summed E-state index contributed by atoms with van der Waals surface area (Å²) in [7, 11) is 1.53. The number of piperidine rings is 1. The molecule has 0 aromatic heterocycles. The molecule has 2 heterocycles. The molecule has 2 saturated heterocycles. The summed E-state index contributed by atoms with van der Waals surface area (Å²) < 4.78 is 5.32. The number of hydrogen-bond acceptors (Lipinski definition) is 3. The van der Waals surface area contributed by atoms with Crippen LogP contribution in [0.25, 0.3) is 0 Å². The molecule has 0 unspecified atom stereocenters. The molecule has 0 N–H and O–H groups in total. The standard InChI is InChI=1S/C20H27ClN2O3/c1-13-9-14(2)12-22(11-13)20(25)17-5-4-8-23(17)19(24)16-10-15(21)6-7-18(16)26-3/h6-7,10,13-14,17H,4-5,8-9,11-12H2,1-3H3/t13-,14-,17+/m0/s1. The highest BCUT2D eigenvalue weighted by Crippen LogP contribution is 2.29. The van der Waals surface area contributed by atoms with Crippen molar-refractivity contribution in [1.29, 1.82) is 0 Å². The number of carbonyl (C=O) groups excluding carboxylic acids is 2. The lowest BCUT2D eigenvalue weighted by molar-refractivity contribution is -0.138. The molecule has 2 fully saturated rings. The molecule has 6 heteroatoms. The summed E-state index contributed by atoms with van der Waals surface area (Å²) in [5.74, 6) is 1.38. The summed E-state index contributed by atoms with van der Waals surface area (Å²) in [5, 5.41) is 0.481. The zero-order valence-corrected chi connectivity index (χ0v) is 16.5. The van der Waals surface area contributed by atoms with Crippen molar-refractivity contribution in [2.45, 2.75) is 39.2 Å². The molecule has 0 aliphatic carbocycles. The maximum Gasteiger partial charge on any atom is 0.258 e. The average molecular weight is 379 g/mol. The van der Waals surface area contributed by atoms with Crippen molar-refractivity contribution < 1.29 is 14.3 Å². The topological polar surface area (TPSA) is 49.9 Å². The van der Waals surface area contributed by atoms with E-state index in [1.54, 1.807) is 23.1 Å². The van der Waals surface area contributed by atoms with E-state index in [9.17, 15) is 9.59 Å². The predicted molar refractivity (Wildman–Crippen MR) is 102 cm³/mol. The predicted octanol–water partition coefficient (Wildman–Crippen LogP) is 3.46. The van der Waals surface area contributed by atoms with Gasteiger partial charge in [0.05, 0.1) is 12.7 Å². The Bertz CT molecular complexity index is 684. The SMILES string of the molecule is COc1ccc(Cl)cc1C(=O)N1CCC[C@@H]1C(=O)N1C[C@@H](C)C[C@H](C)C1. The van der Waals surface area contributed by atoms with E-state index < -0.39 is 0 Å².